The molecule has 2 rings (SSSR count). The van der Waals surface area contributed by atoms with E-state index in [1.54, 1.807) is 0 Å². The highest BCUT2D eigenvalue weighted by molar-refractivity contribution is 8.14. The van der Waals surface area contributed by atoms with Gasteiger partial charge in [-0.2, -0.15) is 0 Å². The first-order valence-electron chi connectivity index (χ1n) is 5.94. The fourth-order valence-electron chi connectivity index (χ4n) is 1.79. The zero-order valence-electron chi connectivity index (χ0n) is 10.6. The number of hydrogen-bond donors (Lipinski definition) is 2. The van der Waals surface area contributed by atoms with Gasteiger partial charge in [-0.25, -0.2) is 0 Å². The lowest BCUT2D eigenvalue weighted by molar-refractivity contribution is -0.113. The second-order valence-corrected chi connectivity index (χ2v) is 5.18. The van der Waals surface area contributed by atoms with Gasteiger partial charge in [-0.3, -0.25) is 9.79 Å². The summed E-state index contributed by atoms with van der Waals surface area (Å²) in [6, 6.07) is 5.99. The van der Waals surface area contributed by atoms with Gasteiger partial charge in [-0.05, 0) is 25.0 Å². The Labute approximate surface area is 111 Å². The van der Waals surface area contributed by atoms with Gasteiger partial charge in [0.25, 0.3) is 0 Å². The van der Waals surface area contributed by atoms with Gasteiger partial charge < -0.3 is 10.6 Å². The Morgan fingerprint density at radius 1 is 1.44 bits per heavy atom. The monoisotopic (exact) mass is 263 g/mol. The third-order valence-corrected chi connectivity index (χ3v) is 3.68. The molecular weight excluding hydrogens is 246 g/mol. The minimum atomic E-state index is 0.00815. The maximum absolute atomic E-state index is 11.9. The first kappa shape index (κ1) is 13.0. The average molecular weight is 263 g/mol. The van der Waals surface area contributed by atoms with Crippen LogP contribution < -0.4 is 10.6 Å². The molecule has 18 heavy (non-hydrogen) atoms. The minimum Gasteiger partial charge on any atom is -0.363 e. The van der Waals surface area contributed by atoms with Crippen molar-refractivity contribution in [2.24, 2.45) is 4.99 Å². The van der Waals surface area contributed by atoms with Gasteiger partial charge in [0, 0.05) is 12.2 Å². The molecule has 1 heterocycles. The van der Waals surface area contributed by atoms with Crippen molar-refractivity contribution in [3.8, 4) is 0 Å². The summed E-state index contributed by atoms with van der Waals surface area (Å²) < 4.78 is 0. The summed E-state index contributed by atoms with van der Waals surface area (Å²) in [4.78, 5) is 16.1. The summed E-state index contributed by atoms with van der Waals surface area (Å²) in [6.45, 7) is 5.68. The quantitative estimate of drug-likeness (QED) is 0.876. The second-order valence-electron chi connectivity index (χ2n) is 4.22. The number of rotatable bonds is 3. The maximum atomic E-state index is 11.9. The van der Waals surface area contributed by atoms with Gasteiger partial charge in [-0.1, -0.05) is 30.0 Å². The van der Waals surface area contributed by atoms with Crippen LogP contribution >= 0.6 is 11.8 Å². The van der Waals surface area contributed by atoms with Crippen molar-refractivity contribution in [3.05, 3.63) is 29.3 Å². The molecule has 0 saturated heterocycles. The van der Waals surface area contributed by atoms with Gasteiger partial charge in [0.2, 0.25) is 5.91 Å². The topological polar surface area (TPSA) is 53.5 Å². The molecule has 1 amide bonds. The molecule has 0 aliphatic carbocycles. The number of thioether (sulfide) groups is 1. The molecule has 96 valence electrons. The van der Waals surface area contributed by atoms with Crippen molar-refractivity contribution in [2.45, 2.75) is 13.8 Å². The molecule has 0 spiro atoms. The summed E-state index contributed by atoms with van der Waals surface area (Å²) >= 11 is 1.45. The fraction of sp³-hybridized carbons (Fsp3) is 0.385. The number of nitrogens with one attached hydrogen (secondary N) is 2. The molecule has 0 atom stereocenters. The van der Waals surface area contributed by atoms with E-state index >= 15 is 0 Å². The van der Waals surface area contributed by atoms with E-state index in [1.165, 1.54) is 11.8 Å². The number of hydrogen-bond acceptors (Lipinski definition) is 4. The van der Waals surface area contributed by atoms with E-state index < -0.39 is 0 Å². The Bertz CT molecular complexity index is 465. The smallest absolute Gasteiger partial charge is 0.234 e. The molecular formula is C13H17N3OS. The van der Waals surface area contributed by atoms with Gasteiger partial charge in [0.05, 0.1) is 12.3 Å². The van der Waals surface area contributed by atoms with Crippen molar-refractivity contribution in [3.63, 3.8) is 0 Å². The molecule has 0 aromatic heterocycles. The van der Waals surface area contributed by atoms with E-state index in [2.05, 4.69) is 15.6 Å². The Balaban J connectivity index is 1.90. The normalized spacial score (nSPS) is 14.0. The van der Waals surface area contributed by atoms with Crippen molar-refractivity contribution in [2.75, 3.05) is 24.2 Å². The second kappa shape index (κ2) is 5.91. The summed E-state index contributed by atoms with van der Waals surface area (Å²) in [5.74, 6) is 0.397. The predicted molar refractivity (Wildman–Crippen MR) is 77.3 cm³/mol. The minimum absolute atomic E-state index is 0.00815. The summed E-state index contributed by atoms with van der Waals surface area (Å²) in [5, 5.41) is 6.96. The zero-order valence-corrected chi connectivity index (χ0v) is 11.4. The molecule has 1 aromatic carbocycles. The lowest BCUT2D eigenvalue weighted by Crippen LogP contribution is -2.20. The van der Waals surface area contributed by atoms with Crippen molar-refractivity contribution in [1.29, 1.82) is 0 Å². The number of carbonyl (C=O) groups excluding carboxylic acids is 1. The highest BCUT2D eigenvalue weighted by atomic mass is 32.2. The standard InChI is InChI=1S/C13H17N3OS/c1-9-4-3-5-10(2)12(9)16-11(17)8-18-13-14-6-7-15-13/h3-5H,6-8H2,1-2H3,(H,14,15)(H,16,17). The molecule has 1 aliphatic rings. The van der Waals surface area contributed by atoms with E-state index in [0.29, 0.717) is 5.75 Å². The molecule has 0 bridgehead atoms. The lowest BCUT2D eigenvalue weighted by Gasteiger charge is -2.11. The highest BCUT2D eigenvalue weighted by Crippen LogP contribution is 2.19. The van der Waals surface area contributed by atoms with E-state index in [1.807, 2.05) is 32.0 Å². The third kappa shape index (κ3) is 3.26. The van der Waals surface area contributed by atoms with E-state index in [0.717, 1.165) is 35.1 Å². The predicted octanol–water partition coefficient (Wildman–Crippen LogP) is 1.93. The zero-order chi connectivity index (χ0) is 13.0. The summed E-state index contributed by atoms with van der Waals surface area (Å²) in [5.41, 5.74) is 3.10. The van der Waals surface area contributed by atoms with Crippen molar-refractivity contribution < 1.29 is 4.79 Å². The fourth-order valence-corrected chi connectivity index (χ4v) is 2.52. The molecule has 2 N–H and O–H groups in total. The van der Waals surface area contributed by atoms with Crippen LogP contribution in [-0.4, -0.2) is 29.9 Å². The lowest BCUT2D eigenvalue weighted by atomic mass is 10.1. The molecule has 0 unspecified atom stereocenters. The van der Waals surface area contributed by atoms with Gasteiger partial charge in [0.15, 0.2) is 5.17 Å². The van der Waals surface area contributed by atoms with Crippen molar-refractivity contribution in [1.82, 2.24) is 5.32 Å². The number of nitrogens with zero attached hydrogens (tertiary/aromatic N) is 1. The molecule has 0 saturated carbocycles. The van der Waals surface area contributed by atoms with Crippen LogP contribution in [0.3, 0.4) is 0 Å². The largest absolute Gasteiger partial charge is 0.363 e. The van der Waals surface area contributed by atoms with Crippen LogP contribution in [0, 0.1) is 13.8 Å². The van der Waals surface area contributed by atoms with E-state index in [4.69, 9.17) is 0 Å². The summed E-state index contributed by atoms with van der Waals surface area (Å²) in [7, 11) is 0. The average Bonchev–Trinajstić information content (AvgIpc) is 2.84. The van der Waals surface area contributed by atoms with E-state index in [-0.39, 0.29) is 5.91 Å². The highest BCUT2D eigenvalue weighted by Gasteiger charge is 2.11. The Hall–Kier alpha value is -1.49. The maximum Gasteiger partial charge on any atom is 0.234 e. The number of aliphatic imine (C=N–C) groups is 1. The number of benzene rings is 1. The number of carbonyl (C=O) groups is 1. The number of anilines is 1. The first-order chi connectivity index (χ1) is 8.66. The third-order valence-electron chi connectivity index (χ3n) is 2.73. The van der Waals surface area contributed by atoms with Crippen LogP contribution in [0.25, 0.3) is 0 Å². The van der Waals surface area contributed by atoms with Crippen LogP contribution in [-0.2, 0) is 4.79 Å². The van der Waals surface area contributed by atoms with Gasteiger partial charge in [0.1, 0.15) is 0 Å². The van der Waals surface area contributed by atoms with Gasteiger partial charge in [-0.15, -0.1) is 0 Å². The number of para-hydroxylation sites is 1. The Morgan fingerprint density at radius 3 is 2.78 bits per heavy atom. The first-order valence-corrected chi connectivity index (χ1v) is 6.92. The number of aryl methyl sites for hydroxylation is 2. The Morgan fingerprint density at radius 2 is 2.17 bits per heavy atom. The van der Waals surface area contributed by atoms with Gasteiger partial charge >= 0.3 is 0 Å². The molecule has 0 fully saturated rings. The van der Waals surface area contributed by atoms with E-state index in [9.17, 15) is 4.79 Å². The van der Waals surface area contributed by atoms with Crippen molar-refractivity contribution >= 4 is 28.5 Å². The van der Waals surface area contributed by atoms with Crippen LogP contribution in [0.5, 0.6) is 0 Å². The molecule has 5 heteroatoms. The molecule has 1 aliphatic heterocycles. The van der Waals surface area contributed by atoms with Crippen LogP contribution in [0.2, 0.25) is 0 Å². The molecule has 4 nitrogen and oxygen atoms in total. The number of amidine groups is 1. The number of amides is 1. The molecule has 0 radical (unpaired) electrons. The van der Waals surface area contributed by atoms with Crippen LogP contribution in [0.1, 0.15) is 11.1 Å². The van der Waals surface area contributed by atoms with Crippen LogP contribution in [0.15, 0.2) is 23.2 Å². The molecule has 1 aromatic rings. The van der Waals surface area contributed by atoms with Crippen LogP contribution in [0.4, 0.5) is 5.69 Å². The SMILES string of the molecule is Cc1cccc(C)c1NC(=O)CSC1=NCCN1. The summed E-state index contributed by atoms with van der Waals surface area (Å²) in [6.07, 6.45) is 0. The Kier molecular flexibility index (Phi) is 4.25.